The number of nitrogens with two attached hydrogens (primary N) is 1. The maximum Gasteiger partial charge on any atom is 0.411 e. The van der Waals surface area contributed by atoms with Gasteiger partial charge in [-0.25, -0.2) is 0 Å². The molecule has 1 aromatic rings. The van der Waals surface area contributed by atoms with Crippen molar-refractivity contribution in [2.75, 3.05) is 13.7 Å². The van der Waals surface area contributed by atoms with Gasteiger partial charge in [0, 0.05) is 6.04 Å². The molecule has 0 radical (unpaired) electrons. The maximum atomic E-state index is 12.2. The molecule has 108 valence electrons. The predicted octanol–water partition coefficient (Wildman–Crippen LogP) is 3.05. The van der Waals surface area contributed by atoms with Crippen LogP contribution in [0.4, 0.5) is 13.2 Å². The molecule has 0 saturated heterocycles. The van der Waals surface area contributed by atoms with E-state index in [4.69, 9.17) is 15.2 Å². The van der Waals surface area contributed by atoms with Crippen molar-refractivity contribution in [1.29, 1.82) is 0 Å². The van der Waals surface area contributed by atoms with Crippen LogP contribution in [0.2, 0.25) is 0 Å². The molecule has 0 spiro atoms. The number of halogens is 3. The third-order valence-electron chi connectivity index (χ3n) is 2.73. The van der Waals surface area contributed by atoms with E-state index in [1.807, 2.05) is 0 Å². The standard InChI is InChI=1S/C13H18F3NO2/c1-3-11(17)12(19-8-13(14,15)16)9-4-6-10(18-2)7-5-9/h4-7,11-12H,3,8,17H2,1-2H3. The topological polar surface area (TPSA) is 44.5 Å². The number of hydrogen-bond acceptors (Lipinski definition) is 3. The van der Waals surface area contributed by atoms with Crippen molar-refractivity contribution in [2.45, 2.75) is 31.7 Å². The summed E-state index contributed by atoms with van der Waals surface area (Å²) in [7, 11) is 1.52. The van der Waals surface area contributed by atoms with Crippen molar-refractivity contribution in [3.05, 3.63) is 29.8 Å². The first kappa shape index (κ1) is 15.8. The lowest BCUT2D eigenvalue weighted by molar-refractivity contribution is -0.188. The summed E-state index contributed by atoms with van der Waals surface area (Å²) in [5.41, 5.74) is 6.44. The monoisotopic (exact) mass is 277 g/mol. The molecule has 3 nitrogen and oxygen atoms in total. The van der Waals surface area contributed by atoms with Crippen molar-refractivity contribution >= 4 is 0 Å². The minimum absolute atomic E-state index is 0.490. The average Bonchev–Trinajstić information content (AvgIpc) is 2.38. The van der Waals surface area contributed by atoms with Crippen molar-refractivity contribution in [1.82, 2.24) is 0 Å². The summed E-state index contributed by atoms with van der Waals surface area (Å²) in [5, 5.41) is 0. The highest BCUT2D eigenvalue weighted by Crippen LogP contribution is 2.27. The van der Waals surface area contributed by atoms with E-state index in [9.17, 15) is 13.2 Å². The van der Waals surface area contributed by atoms with Crippen LogP contribution < -0.4 is 10.5 Å². The third-order valence-corrected chi connectivity index (χ3v) is 2.73. The Labute approximate surface area is 110 Å². The highest BCUT2D eigenvalue weighted by molar-refractivity contribution is 5.29. The van der Waals surface area contributed by atoms with Crippen LogP contribution in [0.1, 0.15) is 25.0 Å². The summed E-state index contributed by atoms with van der Waals surface area (Å²) in [4.78, 5) is 0. The van der Waals surface area contributed by atoms with Crippen molar-refractivity contribution in [3.8, 4) is 5.75 Å². The Morgan fingerprint density at radius 1 is 1.21 bits per heavy atom. The first-order valence-electron chi connectivity index (χ1n) is 5.95. The molecular weight excluding hydrogens is 259 g/mol. The van der Waals surface area contributed by atoms with Gasteiger partial charge in [0.2, 0.25) is 0 Å². The van der Waals surface area contributed by atoms with Crippen LogP contribution in [-0.4, -0.2) is 25.9 Å². The Morgan fingerprint density at radius 2 is 1.79 bits per heavy atom. The Kier molecular flexibility index (Phi) is 5.62. The number of ether oxygens (including phenoxy) is 2. The van der Waals surface area contributed by atoms with Crippen LogP contribution in [0.25, 0.3) is 0 Å². The van der Waals surface area contributed by atoms with E-state index in [1.165, 1.54) is 7.11 Å². The summed E-state index contributed by atoms with van der Waals surface area (Å²) >= 11 is 0. The SMILES string of the molecule is CCC(N)C(OCC(F)(F)F)c1ccc(OC)cc1. The van der Waals surface area contributed by atoms with E-state index in [0.717, 1.165) is 0 Å². The van der Waals surface area contributed by atoms with Gasteiger partial charge in [0.1, 0.15) is 12.4 Å². The lowest BCUT2D eigenvalue weighted by atomic mass is 10.0. The summed E-state index contributed by atoms with van der Waals surface area (Å²) < 4.78 is 46.6. The fourth-order valence-corrected chi connectivity index (χ4v) is 1.66. The second-order valence-corrected chi connectivity index (χ2v) is 4.19. The summed E-state index contributed by atoms with van der Waals surface area (Å²) in [6, 6.07) is 6.17. The van der Waals surface area contributed by atoms with Gasteiger partial charge < -0.3 is 15.2 Å². The number of alkyl halides is 3. The molecule has 0 aliphatic carbocycles. The fraction of sp³-hybridized carbons (Fsp3) is 0.538. The lowest BCUT2D eigenvalue weighted by Gasteiger charge is -2.24. The molecule has 19 heavy (non-hydrogen) atoms. The van der Waals surface area contributed by atoms with Crippen molar-refractivity contribution in [2.24, 2.45) is 5.73 Å². The van der Waals surface area contributed by atoms with Crippen LogP contribution in [0.15, 0.2) is 24.3 Å². The first-order valence-corrected chi connectivity index (χ1v) is 5.95. The minimum Gasteiger partial charge on any atom is -0.497 e. The molecule has 0 heterocycles. The molecule has 0 aliphatic rings. The Hall–Kier alpha value is -1.27. The summed E-state index contributed by atoms with van der Waals surface area (Å²) in [5.74, 6) is 0.628. The second kappa shape index (κ2) is 6.77. The molecule has 0 bridgehead atoms. The fourth-order valence-electron chi connectivity index (χ4n) is 1.66. The van der Waals surface area contributed by atoms with Gasteiger partial charge in [0.25, 0.3) is 0 Å². The smallest absolute Gasteiger partial charge is 0.411 e. The van der Waals surface area contributed by atoms with E-state index in [0.29, 0.717) is 17.7 Å². The molecule has 0 saturated carbocycles. The Morgan fingerprint density at radius 3 is 2.21 bits per heavy atom. The largest absolute Gasteiger partial charge is 0.497 e. The van der Waals surface area contributed by atoms with Crippen LogP contribution in [0, 0.1) is 0 Å². The van der Waals surface area contributed by atoms with Crippen LogP contribution in [0.5, 0.6) is 5.75 Å². The highest BCUT2D eigenvalue weighted by Gasteiger charge is 2.31. The van der Waals surface area contributed by atoms with Gasteiger partial charge in [-0.15, -0.1) is 0 Å². The molecule has 0 aromatic heterocycles. The molecule has 2 atom stereocenters. The summed E-state index contributed by atoms with van der Waals surface area (Å²) in [6.07, 6.45) is -4.62. The number of rotatable bonds is 6. The molecule has 1 rings (SSSR count). The van der Waals surface area contributed by atoms with Gasteiger partial charge in [-0.3, -0.25) is 0 Å². The molecule has 0 aliphatic heterocycles. The molecular formula is C13H18F3NO2. The minimum atomic E-state index is -4.36. The first-order chi connectivity index (χ1) is 8.87. The Bertz CT molecular complexity index is 378. The Balaban J connectivity index is 2.83. The maximum absolute atomic E-state index is 12.2. The number of methoxy groups -OCH3 is 1. The summed E-state index contributed by atoms with van der Waals surface area (Å²) in [6.45, 7) is 0.496. The molecule has 0 fully saturated rings. The predicted molar refractivity (Wildman–Crippen MR) is 66.0 cm³/mol. The number of benzene rings is 1. The third kappa shape index (κ3) is 5.08. The number of hydrogen-bond donors (Lipinski definition) is 1. The van der Waals surface area contributed by atoms with Crippen LogP contribution in [0.3, 0.4) is 0 Å². The zero-order chi connectivity index (χ0) is 14.5. The molecule has 2 N–H and O–H groups in total. The molecule has 6 heteroatoms. The van der Waals surface area contributed by atoms with Crippen LogP contribution >= 0.6 is 0 Å². The van der Waals surface area contributed by atoms with Gasteiger partial charge in [0.15, 0.2) is 0 Å². The molecule has 1 aromatic carbocycles. The van der Waals surface area contributed by atoms with Crippen molar-refractivity contribution in [3.63, 3.8) is 0 Å². The van der Waals surface area contributed by atoms with E-state index in [-0.39, 0.29) is 0 Å². The second-order valence-electron chi connectivity index (χ2n) is 4.19. The van der Waals surface area contributed by atoms with Gasteiger partial charge >= 0.3 is 6.18 Å². The quantitative estimate of drug-likeness (QED) is 0.869. The zero-order valence-electron chi connectivity index (χ0n) is 10.9. The van der Waals surface area contributed by atoms with Gasteiger partial charge in [-0.2, -0.15) is 13.2 Å². The van der Waals surface area contributed by atoms with Crippen molar-refractivity contribution < 1.29 is 22.6 Å². The zero-order valence-corrected chi connectivity index (χ0v) is 10.9. The molecule has 2 unspecified atom stereocenters. The van der Waals surface area contributed by atoms with E-state index in [2.05, 4.69) is 0 Å². The normalized spacial score (nSPS) is 15.1. The lowest BCUT2D eigenvalue weighted by Crippen LogP contribution is -2.32. The average molecular weight is 277 g/mol. The molecule has 0 amide bonds. The van der Waals surface area contributed by atoms with Gasteiger partial charge in [-0.1, -0.05) is 19.1 Å². The van der Waals surface area contributed by atoms with Gasteiger partial charge in [-0.05, 0) is 24.1 Å². The highest BCUT2D eigenvalue weighted by atomic mass is 19.4. The van der Waals surface area contributed by atoms with E-state index >= 15 is 0 Å². The van der Waals surface area contributed by atoms with E-state index < -0.39 is 24.9 Å². The van der Waals surface area contributed by atoms with E-state index in [1.54, 1.807) is 31.2 Å². The van der Waals surface area contributed by atoms with Gasteiger partial charge in [0.05, 0.1) is 13.2 Å². The van der Waals surface area contributed by atoms with Crippen LogP contribution in [-0.2, 0) is 4.74 Å².